The van der Waals surface area contributed by atoms with E-state index in [1.165, 1.54) is 0 Å². The number of hydrogen-bond donors (Lipinski definition) is 0. The van der Waals surface area contributed by atoms with Gasteiger partial charge in [0.2, 0.25) is 0 Å². The van der Waals surface area contributed by atoms with Crippen molar-refractivity contribution in [1.82, 2.24) is 0 Å². The Morgan fingerprint density at radius 1 is 1.32 bits per heavy atom. The average molecular weight is 262 g/mol. The van der Waals surface area contributed by atoms with Crippen LogP contribution in [-0.4, -0.2) is 18.7 Å². The summed E-state index contributed by atoms with van der Waals surface area (Å²) in [6.45, 7) is 5.91. The number of ether oxygens (including phenoxy) is 2. The summed E-state index contributed by atoms with van der Waals surface area (Å²) in [5, 5.41) is 0. The molecule has 0 aliphatic heterocycles. The van der Waals surface area contributed by atoms with Crippen molar-refractivity contribution in [2.75, 3.05) is 7.11 Å². The standard InChI is InChI=1S/C16H22O3/c1-5-16(2,3)19-15(17)13-10-14(18-4)12-9-7-6-8-11(12)13/h6-9,13-14H,5,10H2,1-4H3. The van der Waals surface area contributed by atoms with Crippen LogP contribution in [0.3, 0.4) is 0 Å². The highest BCUT2D eigenvalue weighted by Crippen LogP contribution is 2.43. The summed E-state index contributed by atoms with van der Waals surface area (Å²) in [5.74, 6) is -0.342. The summed E-state index contributed by atoms with van der Waals surface area (Å²) < 4.78 is 11.1. The molecule has 0 heterocycles. The lowest BCUT2D eigenvalue weighted by atomic mass is 10.0. The lowest BCUT2D eigenvalue weighted by molar-refractivity contribution is -0.159. The van der Waals surface area contributed by atoms with Crippen molar-refractivity contribution >= 4 is 5.97 Å². The summed E-state index contributed by atoms with van der Waals surface area (Å²) in [4.78, 5) is 12.4. The second-order valence-electron chi connectivity index (χ2n) is 5.68. The molecule has 0 spiro atoms. The third-order valence-corrected chi connectivity index (χ3v) is 3.97. The topological polar surface area (TPSA) is 35.5 Å². The molecule has 0 fully saturated rings. The lowest BCUT2D eigenvalue weighted by Gasteiger charge is -2.25. The Bertz CT molecular complexity index is 465. The molecule has 2 atom stereocenters. The molecule has 19 heavy (non-hydrogen) atoms. The van der Waals surface area contributed by atoms with E-state index in [0.29, 0.717) is 6.42 Å². The van der Waals surface area contributed by atoms with Crippen LogP contribution in [0, 0.1) is 0 Å². The predicted octanol–water partition coefficient (Wildman–Crippen LogP) is 3.59. The van der Waals surface area contributed by atoms with Crippen molar-refractivity contribution in [3.63, 3.8) is 0 Å². The SMILES string of the molecule is CCC(C)(C)OC(=O)C1CC(OC)c2ccccc21. The van der Waals surface area contributed by atoms with Crippen molar-refractivity contribution in [3.05, 3.63) is 35.4 Å². The van der Waals surface area contributed by atoms with Crippen molar-refractivity contribution in [1.29, 1.82) is 0 Å². The smallest absolute Gasteiger partial charge is 0.314 e. The van der Waals surface area contributed by atoms with Gasteiger partial charge < -0.3 is 9.47 Å². The summed E-state index contributed by atoms with van der Waals surface area (Å²) in [7, 11) is 1.69. The van der Waals surface area contributed by atoms with Crippen molar-refractivity contribution in [2.45, 2.75) is 51.2 Å². The molecule has 2 rings (SSSR count). The van der Waals surface area contributed by atoms with Gasteiger partial charge in [0.05, 0.1) is 12.0 Å². The fourth-order valence-electron chi connectivity index (χ4n) is 2.45. The lowest BCUT2D eigenvalue weighted by Crippen LogP contribution is -2.29. The van der Waals surface area contributed by atoms with Crippen LogP contribution in [0.2, 0.25) is 0 Å². The maximum Gasteiger partial charge on any atom is 0.314 e. The highest BCUT2D eigenvalue weighted by atomic mass is 16.6. The van der Waals surface area contributed by atoms with Crippen LogP contribution in [0.4, 0.5) is 0 Å². The number of rotatable bonds is 4. The molecule has 1 aliphatic carbocycles. The molecule has 2 unspecified atom stereocenters. The highest BCUT2D eigenvalue weighted by molar-refractivity contribution is 5.80. The normalized spacial score (nSPS) is 22.1. The molecule has 0 N–H and O–H groups in total. The highest BCUT2D eigenvalue weighted by Gasteiger charge is 2.37. The zero-order chi connectivity index (χ0) is 14.0. The van der Waals surface area contributed by atoms with Crippen LogP contribution < -0.4 is 0 Å². The molecule has 3 nitrogen and oxygen atoms in total. The van der Waals surface area contributed by atoms with Gasteiger partial charge in [0.25, 0.3) is 0 Å². The molecule has 1 aliphatic rings. The van der Waals surface area contributed by atoms with E-state index in [4.69, 9.17) is 9.47 Å². The molecule has 0 bridgehead atoms. The minimum Gasteiger partial charge on any atom is -0.459 e. The molecule has 0 saturated carbocycles. The number of carbonyl (C=O) groups is 1. The Labute approximate surface area is 114 Å². The fraction of sp³-hybridized carbons (Fsp3) is 0.562. The van der Waals surface area contributed by atoms with Gasteiger partial charge in [0, 0.05) is 7.11 Å². The number of hydrogen-bond acceptors (Lipinski definition) is 3. The van der Waals surface area contributed by atoms with Crippen LogP contribution in [-0.2, 0) is 14.3 Å². The summed E-state index contributed by atoms with van der Waals surface area (Å²) >= 11 is 0. The largest absolute Gasteiger partial charge is 0.459 e. The van der Waals surface area contributed by atoms with E-state index in [2.05, 4.69) is 0 Å². The molecule has 104 valence electrons. The molecule has 0 saturated heterocycles. The van der Waals surface area contributed by atoms with Gasteiger partial charge >= 0.3 is 5.97 Å². The molecular formula is C16H22O3. The third kappa shape index (κ3) is 2.81. The molecule has 0 aromatic heterocycles. The second-order valence-corrected chi connectivity index (χ2v) is 5.68. The zero-order valence-corrected chi connectivity index (χ0v) is 12.1. The number of fused-ring (bicyclic) bond motifs is 1. The minimum absolute atomic E-state index is 0.00140. The van der Waals surface area contributed by atoms with E-state index in [9.17, 15) is 4.79 Å². The van der Waals surface area contributed by atoms with Crippen LogP contribution in [0.1, 0.15) is 56.8 Å². The van der Waals surface area contributed by atoms with Gasteiger partial charge in [-0.25, -0.2) is 0 Å². The molecule has 1 aromatic rings. The van der Waals surface area contributed by atoms with E-state index >= 15 is 0 Å². The van der Waals surface area contributed by atoms with E-state index < -0.39 is 5.60 Å². The number of methoxy groups -OCH3 is 1. The van der Waals surface area contributed by atoms with Gasteiger partial charge in [-0.05, 0) is 37.8 Å². The van der Waals surface area contributed by atoms with Crippen LogP contribution >= 0.6 is 0 Å². The van der Waals surface area contributed by atoms with Gasteiger partial charge in [-0.3, -0.25) is 4.79 Å². The fourth-order valence-corrected chi connectivity index (χ4v) is 2.45. The van der Waals surface area contributed by atoms with E-state index in [-0.39, 0.29) is 18.0 Å². The van der Waals surface area contributed by atoms with Crippen LogP contribution in [0.25, 0.3) is 0 Å². The first-order chi connectivity index (χ1) is 8.98. The first-order valence-electron chi connectivity index (χ1n) is 6.83. The Balaban J connectivity index is 2.21. The molecule has 0 amide bonds. The first kappa shape index (κ1) is 14.1. The predicted molar refractivity (Wildman–Crippen MR) is 74.0 cm³/mol. The van der Waals surface area contributed by atoms with Crippen molar-refractivity contribution in [3.8, 4) is 0 Å². The van der Waals surface area contributed by atoms with Crippen LogP contribution in [0.5, 0.6) is 0 Å². The maximum absolute atomic E-state index is 12.4. The second kappa shape index (κ2) is 5.33. The summed E-state index contributed by atoms with van der Waals surface area (Å²) in [6.07, 6.45) is 1.48. The average Bonchev–Trinajstić information content (AvgIpc) is 2.77. The van der Waals surface area contributed by atoms with Crippen molar-refractivity contribution < 1.29 is 14.3 Å². The van der Waals surface area contributed by atoms with E-state index in [1.54, 1.807) is 7.11 Å². The Hall–Kier alpha value is -1.35. The van der Waals surface area contributed by atoms with E-state index in [0.717, 1.165) is 17.5 Å². The number of benzene rings is 1. The molecule has 1 aromatic carbocycles. The summed E-state index contributed by atoms with van der Waals surface area (Å²) in [6, 6.07) is 7.97. The van der Waals surface area contributed by atoms with Gasteiger partial charge in [-0.1, -0.05) is 31.2 Å². The monoisotopic (exact) mass is 262 g/mol. The van der Waals surface area contributed by atoms with Crippen molar-refractivity contribution in [2.24, 2.45) is 0 Å². The quantitative estimate of drug-likeness (QED) is 0.778. The molecule has 3 heteroatoms. The third-order valence-electron chi connectivity index (χ3n) is 3.97. The minimum atomic E-state index is -0.406. The zero-order valence-electron chi connectivity index (χ0n) is 12.1. The van der Waals surface area contributed by atoms with Gasteiger partial charge in [-0.2, -0.15) is 0 Å². The van der Waals surface area contributed by atoms with Gasteiger partial charge in [0.1, 0.15) is 5.60 Å². The van der Waals surface area contributed by atoms with Gasteiger partial charge in [-0.15, -0.1) is 0 Å². The van der Waals surface area contributed by atoms with Gasteiger partial charge in [0.15, 0.2) is 0 Å². The molecular weight excluding hydrogens is 240 g/mol. The first-order valence-corrected chi connectivity index (χ1v) is 6.83. The molecule has 0 radical (unpaired) electrons. The Morgan fingerprint density at radius 3 is 2.53 bits per heavy atom. The summed E-state index contributed by atoms with van der Waals surface area (Å²) in [5.41, 5.74) is 1.75. The maximum atomic E-state index is 12.4. The van der Waals surface area contributed by atoms with Crippen LogP contribution in [0.15, 0.2) is 24.3 Å². The number of esters is 1. The Morgan fingerprint density at radius 2 is 1.95 bits per heavy atom. The Kier molecular flexibility index (Phi) is 3.95. The number of carbonyl (C=O) groups excluding carboxylic acids is 1. The van der Waals surface area contributed by atoms with E-state index in [1.807, 2.05) is 45.0 Å².